The molecule has 46 heavy (non-hydrogen) atoms. The topological polar surface area (TPSA) is 300 Å². The van der Waals surface area contributed by atoms with Crippen molar-refractivity contribution in [1.82, 2.24) is 0 Å². The Bertz CT molecular complexity index is 1280. The van der Waals surface area contributed by atoms with Crippen LogP contribution in [0.3, 0.4) is 0 Å². The third-order valence-electron chi connectivity index (χ3n) is 6.27. The number of aliphatic carboxylic acids is 4. The average molecular weight is 649 g/mol. The molecule has 2 aromatic carbocycles. The van der Waals surface area contributed by atoms with E-state index < -0.39 is 48.3 Å². The van der Waals surface area contributed by atoms with Crippen molar-refractivity contribution in [3.63, 3.8) is 0 Å². The number of phenols is 2. The Morgan fingerprint density at radius 1 is 0.522 bits per heavy atom. The van der Waals surface area contributed by atoms with Gasteiger partial charge in [-0.25, -0.2) is 0 Å². The third-order valence-corrected chi connectivity index (χ3v) is 6.27. The number of phenolic OH excluding ortho intramolecular Hbond substituents is 2. The molecule has 16 nitrogen and oxygen atoms in total. The van der Waals surface area contributed by atoms with E-state index in [4.69, 9.17) is 31.9 Å². The Balaban J connectivity index is 0.000000629. The van der Waals surface area contributed by atoms with Crippen molar-refractivity contribution in [3.05, 3.63) is 46.5 Å². The van der Waals surface area contributed by atoms with Crippen LogP contribution in [-0.2, 0) is 19.2 Å². The number of carboxylic acid groups (broad SMARTS) is 4. The second kappa shape index (κ2) is 19.9. The van der Waals surface area contributed by atoms with Crippen molar-refractivity contribution in [2.75, 3.05) is 36.8 Å². The van der Waals surface area contributed by atoms with Crippen molar-refractivity contribution in [1.29, 1.82) is 0 Å². The van der Waals surface area contributed by atoms with Gasteiger partial charge in [0.1, 0.15) is 24.3 Å². The quantitative estimate of drug-likeness (QED) is 0.0603. The number of anilines is 2. The summed E-state index contributed by atoms with van der Waals surface area (Å²) in [5.74, 6) is -6.87. The SMILES string of the molecule is NCCCCCNc1ccc(NCCCCCN)c2c1C(=O)c1c(O)ccc(O)c1C2=O.O=C(O)CC(=O)O.O=C(O)CC(=O)O. The van der Waals surface area contributed by atoms with Crippen LogP contribution in [0.1, 0.15) is 83.2 Å². The molecule has 1 aliphatic rings. The maximum absolute atomic E-state index is 13.4. The molecular formula is C30H40N4O12. The zero-order valence-corrected chi connectivity index (χ0v) is 25.1. The van der Waals surface area contributed by atoms with Crippen LogP contribution in [0.5, 0.6) is 11.5 Å². The minimum atomic E-state index is -1.31. The Hall–Kier alpha value is -5.22. The van der Waals surface area contributed by atoms with Gasteiger partial charge in [0.05, 0.1) is 22.3 Å². The van der Waals surface area contributed by atoms with Gasteiger partial charge in [0, 0.05) is 24.5 Å². The van der Waals surface area contributed by atoms with Crippen LogP contribution < -0.4 is 22.1 Å². The van der Waals surface area contributed by atoms with Gasteiger partial charge in [0.25, 0.3) is 0 Å². The fraction of sp³-hybridized carbons (Fsp3) is 0.400. The van der Waals surface area contributed by atoms with Crippen molar-refractivity contribution >= 4 is 46.8 Å². The number of nitrogens with one attached hydrogen (secondary N) is 2. The van der Waals surface area contributed by atoms with E-state index in [9.17, 15) is 39.0 Å². The highest BCUT2D eigenvalue weighted by molar-refractivity contribution is 6.33. The fourth-order valence-corrected chi connectivity index (χ4v) is 4.26. The first-order chi connectivity index (χ1) is 21.8. The first kappa shape index (κ1) is 38.8. The summed E-state index contributed by atoms with van der Waals surface area (Å²) >= 11 is 0. The molecule has 0 aromatic heterocycles. The Kier molecular flexibility index (Phi) is 16.8. The van der Waals surface area contributed by atoms with Crippen molar-refractivity contribution in [2.45, 2.75) is 51.4 Å². The van der Waals surface area contributed by atoms with Gasteiger partial charge in [0.2, 0.25) is 11.6 Å². The molecule has 2 aromatic rings. The van der Waals surface area contributed by atoms with Crippen LogP contribution in [-0.4, -0.2) is 92.3 Å². The second-order valence-electron chi connectivity index (χ2n) is 9.90. The molecule has 3 rings (SSSR count). The van der Waals surface area contributed by atoms with Gasteiger partial charge in [-0.1, -0.05) is 12.8 Å². The van der Waals surface area contributed by atoms with Crippen LogP contribution in [0, 0.1) is 0 Å². The van der Waals surface area contributed by atoms with E-state index in [1.807, 2.05) is 0 Å². The van der Waals surface area contributed by atoms with Crippen LogP contribution in [0.4, 0.5) is 11.4 Å². The molecule has 0 aliphatic heterocycles. The molecule has 0 bridgehead atoms. The maximum Gasteiger partial charge on any atom is 0.314 e. The first-order valence-corrected chi connectivity index (χ1v) is 14.3. The molecule has 0 saturated carbocycles. The smallest absolute Gasteiger partial charge is 0.314 e. The van der Waals surface area contributed by atoms with Gasteiger partial charge in [0.15, 0.2) is 0 Å². The molecule has 0 saturated heterocycles. The summed E-state index contributed by atoms with van der Waals surface area (Å²) in [5, 5.41) is 57.9. The van der Waals surface area contributed by atoms with E-state index in [0.717, 1.165) is 38.5 Å². The molecular weight excluding hydrogens is 608 g/mol. The molecule has 0 spiro atoms. The molecule has 0 atom stereocenters. The first-order valence-electron chi connectivity index (χ1n) is 14.3. The number of carbonyl (C=O) groups excluding carboxylic acids is 2. The van der Waals surface area contributed by atoms with Gasteiger partial charge in [-0.3, -0.25) is 28.8 Å². The van der Waals surface area contributed by atoms with E-state index in [2.05, 4.69) is 10.6 Å². The molecule has 0 fully saturated rings. The number of rotatable bonds is 16. The lowest BCUT2D eigenvalue weighted by Crippen LogP contribution is -2.25. The minimum absolute atomic E-state index is 0.159. The Morgan fingerprint density at radius 3 is 1.11 bits per heavy atom. The lowest BCUT2D eigenvalue weighted by Gasteiger charge is -2.25. The van der Waals surface area contributed by atoms with E-state index in [-0.39, 0.29) is 33.8 Å². The highest BCUT2D eigenvalue weighted by atomic mass is 16.4. The highest BCUT2D eigenvalue weighted by Gasteiger charge is 2.37. The van der Waals surface area contributed by atoms with Crippen molar-refractivity contribution < 1.29 is 59.4 Å². The lowest BCUT2D eigenvalue weighted by molar-refractivity contribution is -0.149. The average Bonchev–Trinajstić information content (AvgIpc) is 2.96. The van der Waals surface area contributed by atoms with Crippen molar-refractivity contribution in [3.8, 4) is 11.5 Å². The number of nitrogens with two attached hydrogens (primary N) is 2. The molecule has 0 heterocycles. The van der Waals surface area contributed by atoms with E-state index in [0.29, 0.717) is 37.6 Å². The normalized spacial score (nSPS) is 11.1. The molecule has 1 aliphatic carbocycles. The number of carboxylic acids is 4. The van der Waals surface area contributed by atoms with Gasteiger partial charge in [-0.2, -0.15) is 0 Å². The molecule has 12 N–H and O–H groups in total. The van der Waals surface area contributed by atoms with Crippen LogP contribution >= 0.6 is 0 Å². The second-order valence-corrected chi connectivity index (χ2v) is 9.90. The number of carbonyl (C=O) groups is 6. The molecule has 0 unspecified atom stereocenters. The van der Waals surface area contributed by atoms with Crippen molar-refractivity contribution in [2.24, 2.45) is 11.5 Å². The van der Waals surface area contributed by atoms with E-state index in [1.165, 1.54) is 12.1 Å². The number of aromatic hydroxyl groups is 2. The van der Waals surface area contributed by atoms with Gasteiger partial charge in [-0.05, 0) is 63.0 Å². The Morgan fingerprint density at radius 2 is 0.848 bits per heavy atom. The Labute approximate surface area is 264 Å². The zero-order valence-electron chi connectivity index (χ0n) is 25.1. The third kappa shape index (κ3) is 12.4. The number of fused-ring (bicyclic) bond motifs is 2. The summed E-state index contributed by atoms with van der Waals surface area (Å²) in [4.78, 5) is 64.6. The molecule has 252 valence electrons. The summed E-state index contributed by atoms with van der Waals surface area (Å²) in [7, 11) is 0. The summed E-state index contributed by atoms with van der Waals surface area (Å²) in [6, 6.07) is 6.01. The van der Waals surface area contributed by atoms with Gasteiger partial charge in [-0.15, -0.1) is 0 Å². The number of hydrogen-bond acceptors (Lipinski definition) is 12. The van der Waals surface area contributed by atoms with E-state index >= 15 is 0 Å². The molecule has 16 heteroatoms. The summed E-state index contributed by atoms with van der Waals surface area (Å²) in [5.41, 5.74) is 12.3. The molecule has 0 amide bonds. The predicted octanol–water partition coefficient (Wildman–Crippen LogP) is 2.05. The summed E-state index contributed by atoms with van der Waals surface area (Å²) < 4.78 is 0. The number of benzene rings is 2. The van der Waals surface area contributed by atoms with E-state index in [1.54, 1.807) is 12.1 Å². The number of unbranched alkanes of at least 4 members (excludes halogenated alkanes) is 4. The number of hydrogen-bond donors (Lipinski definition) is 10. The lowest BCUT2D eigenvalue weighted by atomic mass is 9.81. The summed E-state index contributed by atoms with van der Waals surface area (Å²) in [6.45, 7) is 2.51. The minimum Gasteiger partial charge on any atom is -0.507 e. The molecule has 0 radical (unpaired) electrons. The zero-order chi connectivity index (χ0) is 34.8. The summed E-state index contributed by atoms with van der Waals surface area (Å²) in [6.07, 6.45) is 3.89. The van der Waals surface area contributed by atoms with Gasteiger partial charge < -0.3 is 52.7 Å². The maximum atomic E-state index is 13.4. The number of ketones is 2. The van der Waals surface area contributed by atoms with Crippen LogP contribution in [0.25, 0.3) is 0 Å². The fourth-order valence-electron chi connectivity index (χ4n) is 4.26. The van der Waals surface area contributed by atoms with Gasteiger partial charge >= 0.3 is 23.9 Å². The monoisotopic (exact) mass is 648 g/mol. The van der Waals surface area contributed by atoms with Crippen LogP contribution in [0.2, 0.25) is 0 Å². The predicted molar refractivity (Wildman–Crippen MR) is 166 cm³/mol. The standard InChI is InChI=1S/C24H32N4O4.2C3H4O4/c25-11-3-1-5-13-27-15-7-8-16(28-14-6-2-4-12-26)20-19(15)23(31)21-17(29)9-10-18(30)22(21)24(20)32;2*4-2(5)1-3(6)7/h7-10,27-30H,1-6,11-14,25-26H2;2*1H2,(H,4,5)(H,6,7). The van der Waals surface area contributed by atoms with Crippen LogP contribution in [0.15, 0.2) is 24.3 Å². The largest absolute Gasteiger partial charge is 0.507 e. The highest BCUT2D eigenvalue weighted by Crippen LogP contribution is 2.42.